The Balaban J connectivity index is 1.78. The lowest BCUT2D eigenvalue weighted by atomic mass is 10.1. The van der Waals surface area contributed by atoms with E-state index in [1.54, 1.807) is 24.4 Å². The summed E-state index contributed by atoms with van der Waals surface area (Å²) in [5, 5.41) is 21.9. The van der Waals surface area contributed by atoms with Crippen LogP contribution in [0.15, 0.2) is 42.6 Å². The lowest BCUT2D eigenvalue weighted by Gasteiger charge is -2.16. The molecule has 0 amide bonds. The quantitative estimate of drug-likeness (QED) is 0.560. The highest BCUT2D eigenvalue weighted by atomic mass is 19.1. The zero-order valence-corrected chi connectivity index (χ0v) is 14.4. The number of fused-ring (bicyclic) bond motifs is 1. The van der Waals surface area contributed by atoms with Crippen molar-refractivity contribution in [3.63, 3.8) is 0 Å². The fourth-order valence-electron chi connectivity index (χ4n) is 2.61. The van der Waals surface area contributed by atoms with Gasteiger partial charge in [-0.3, -0.25) is 0 Å². The molecule has 3 aromatic rings. The highest BCUT2D eigenvalue weighted by molar-refractivity contribution is 5.80. The van der Waals surface area contributed by atoms with E-state index >= 15 is 0 Å². The summed E-state index contributed by atoms with van der Waals surface area (Å²) < 4.78 is 32.2. The number of ether oxygens (including phenoxy) is 1. The molecule has 0 saturated heterocycles. The van der Waals surface area contributed by atoms with Crippen LogP contribution in [0.3, 0.4) is 0 Å². The molecule has 1 aromatic heterocycles. The fourth-order valence-corrected chi connectivity index (χ4v) is 2.61. The van der Waals surface area contributed by atoms with Crippen molar-refractivity contribution in [3.8, 4) is 11.5 Å². The maximum Gasteiger partial charge on any atom is 0.223 e. The summed E-state index contributed by atoms with van der Waals surface area (Å²) in [6.45, 7) is -0.0161. The van der Waals surface area contributed by atoms with Gasteiger partial charge in [-0.05, 0) is 43.2 Å². The van der Waals surface area contributed by atoms with E-state index in [9.17, 15) is 8.78 Å². The Hall–Kier alpha value is -2.84. The number of rotatable bonds is 8. The average molecular weight is 375 g/mol. The monoisotopic (exact) mass is 375 g/mol. The largest absolute Gasteiger partial charge is 0.454 e. The van der Waals surface area contributed by atoms with Gasteiger partial charge in [-0.2, -0.15) is 0 Å². The van der Waals surface area contributed by atoms with Crippen LogP contribution in [-0.2, 0) is 0 Å². The molecular weight excluding hydrogens is 356 g/mol. The maximum absolute atomic E-state index is 13.7. The molecule has 1 heterocycles. The second-order valence-corrected chi connectivity index (χ2v) is 5.96. The molecular formula is C19H19F2N3O3. The number of hydrogen-bond acceptors (Lipinski definition) is 6. The van der Waals surface area contributed by atoms with Crippen molar-refractivity contribution in [2.45, 2.75) is 18.9 Å². The molecule has 0 saturated carbocycles. The van der Waals surface area contributed by atoms with Crippen LogP contribution >= 0.6 is 0 Å². The number of halogens is 2. The summed E-state index contributed by atoms with van der Waals surface area (Å²) in [7, 11) is 0. The van der Waals surface area contributed by atoms with Crippen molar-refractivity contribution in [3.05, 3.63) is 54.2 Å². The minimum atomic E-state index is -0.787. The number of aromatic nitrogens is 2. The Morgan fingerprint density at radius 2 is 1.81 bits per heavy atom. The molecule has 0 radical (unpaired) electrons. The Morgan fingerprint density at radius 3 is 2.52 bits per heavy atom. The summed E-state index contributed by atoms with van der Waals surface area (Å²) in [6, 6.07) is 7.94. The van der Waals surface area contributed by atoms with E-state index < -0.39 is 11.6 Å². The van der Waals surface area contributed by atoms with Crippen molar-refractivity contribution < 1.29 is 23.7 Å². The van der Waals surface area contributed by atoms with Crippen molar-refractivity contribution in [2.75, 3.05) is 18.5 Å². The van der Waals surface area contributed by atoms with Gasteiger partial charge in [-0.15, -0.1) is 0 Å². The first-order chi connectivity index (χ1) is 13.1. The number of aliphatic hydroxyl groups is 2. The molecule has 2 aromatic carbocycles. The van der Waals surface area contributed by atoms with Gasteiger partial charge in [-0.1, -0.05) is 0 Å². The van der Waals surface area contributed by atoms with Crippen molar-refractivity contribution in [1.82, 2.24) is 9.97 Å². The predicted molar refractivity (Wildman–Crippen MR) is 96.8 cm³/mol. The van der Waals surface area contributed by atoms with Crippen LogP contribution in [0.25, 0.3) is 10.9 Å². The van der Waals surface area contributed by atoms with Gasteiger partial charge in [0.25, 0.3) is 0 Å². The number of nitrogens with one attached hydrogen (secondary N) is 1. The van der Waals surface area contributed by atoms with E-state index in [0.717, 1.165) is 12.1 Å². The Morgan fingerprint density at radius 1 is 1.04 bits per heavy atom. The van der Waals surface area contributed by atoms with Crippen LogP contribution in [0, 0.1) is 11.6 Å². The maximum atomic E-state index is 13.7. The van der Waals surface area contributed by atoms with Crippen LogP contribution < -0.4 is 10.1 Å². The first kappa shape index (κ1) is 18.9. The topological polar surface area (TPSA) is 87.5 Å². The molecule has 0 spiro atoms. The Bertz CT molecular complexity index is 918. The number of benzene rings is 2. The highest BCUT2D eigenvalue weighted by Crippen LogP contribution is 2.27. The third-order valence-electron chi connectivity index (χ3n) is 3.96. The molecule has 3 N–H and O–H groups in total. The van der Waals surface area contributed by atoms with Gasteiger partial charge in [0.1, 0.15) is 11.6 Å². The van der Waals surface area contributed by atoms with Crippen LogP contribution in [-0.4, -0.2) is 39.4 Å². The van der Waals surface area contributed by atoms with Crippen molar-refractivity contribution >= 4 is 16.9 Å². The van der Waals surface area contributed by atoms with Gasteiger partial charge in [0.05, 0.1) is 5.52 Å². The first-order valence-corrected chi connectivity index (χ1v) is 8.47. The molecule has 0 unspecified atom stereocenters. The van der Waals surface area contributed by atoms with E-state index in [2.05, 4.69) is 15.3 Å². The Labute approximate surface area is 154 Å². The number of nitrogens with zero attached hydrogens (tertiary/aromatic N) is 2. The van der Waals surface area contributed by atoms with Gasteiger partial charge in [0.2, 0.25) is 5.95 Å². The SMILES string of the molecule is OCCC(CCO)Nc1ncc2cc(Oc3ccc(F)cc3F)ccc2n1. The zero-order chi connectivity index (χ0) is 19.2. The molecule has 6 nitrogen and oxygen atoms in total. The van der Waals surface area contributed by atoms with E-state index in [-0.39, 0.29) is 25.0 Å². The molecule has 0 bridgehead atoms. The molecule has 0 aliphatic carbocycles. The van der Waals surface area contributed by atoms with E-state index in [0.29, 0.717) is 35.4 Å². The van der Waals surface area contributed by atoms with Gasteiger partial charge < -0.3 is 20.3 Å². The van der Waals surface area contributed by atoms with Gasteiger partial charge >= 0.3 is 0 Å². The third-order valence-corrected chi connectivity index (χ3v) is 3.96. The summed E-state index contributed by atoms with van der Waals surface area (Å²) in [5.41, 5.74) is 0.645. The van der Waals surface area contributed by atoms with Crippen molar-refractivity contribution in [1.29, 1.82) is 0 Å². The lowest BCUT2D eigenvalue weighted by molar-refractivity contribution is 0.247. The van der Waals surface area contributed by atoms with E-state index in [1.165, 1.54) is 6.07 Å². The van der Waals surface area contributed by atoms with Crippen LogP contribution in [0.2, 0.25) is 0 Å². The second-order valence-electron chi connectivity index (χ2n) is 5.96. The summed E-state index contributed by atoms with van der Waals surface area (Å²) in [4.78, 5) is 8.62. The molecule has 8 heteroatoms. The predicted octanol–water partition coefficient (Wildman–Crippen LogP) is 3.25. The smallest absolute Gasteiger partial charge is 0.223 e. The first-order valence-electron chi connectivity index (χ1n) is 8.47. The van der Waals surface area contributed by atoms with Crippen LogP contribution in [0.1, 0.15) is 12.8 Å². The Kier molecular flexibility index (Phi) is 6.10. The van der Waals surface area contributed by atoms with Crippen LogP contribution in [0.5, 0.6) is 11.5 Å². The molecule has 0 aliphatic heterocycles. The normalized spacial score (nSPS) is 11.1. The lowest BCUT2D eigenvalue weighted by Crippen LogP contribution is -2.23. The van der Waals surface area contributed by atoms with Gasteiger partial charge in [-0.25, -0.2) is 18.7 Å². The number of anilines is 1. The fraction of sp³-hybridized carbons (Fsp3) is 0.263. The molecule has 0 fully saturated rings. The molecule has 3 rings (SSSR count). The van der Waals surface area contributed by atoms with E-state index in [1.807, 2.05) is 0 Å². The molecule has 27 heavy (non-hydrogen) atoms. The summed E-state index contributed by atoms with van der Waals surface area (Å²) >= 11 is 0. The van der Waals surface area contributed by atoms with Gasteiger partial charge in [0, 0.05) is 36.9 Å². The van der Waals surface area contributed by atoms with Crippen LogP contribution in [0.4, 0.5) is 14.7 Å². The van der Waals surface area contributed by atoms with E-state index in [4.69, 9.17) is 14.9 Å². The van der Waals surface area contributed by atoms with Crippen molar-refractivity contribution in [2.24, 2.45) is 0 Å². The summed E-state index contributed by atoms with van der Waals surface area (Å²) in [5.74, 6) is -0.786. The highest BCUT2D eigenvalue weighted by Gasteiger charge is 2.11. The minimum absolute atomic E-state index is 0.00804. The average Bonchev–Trinajstić information content (AvgIpc) is 2.64. The second kappa shape index (κ2) is 8.70. The standard InChI is InChI=1S/C19H19F2N3O3/c20-13-1-4-18(16(21)10-13)27-15-2-3-17-12(9-15)11-22-19(24-17)23-14(5-7-25)6-8-26/h1-4,9-11,14,25-26H,5-8H2,(H,22,23,24). The number of aliphatic hydroxyl groups excluding tert-OH is 2. The van der Waals surface area contributed by atoms with Gasteiger partial charge in [0.15, 0.2) is 11.6 Å². The minimum Gasteiger partial charge on any atom is -0.454 e. The third kappa shape index (κ3) is 4.87. The molecule has 0 aliphatic rings. The summed E-state index contributed by atoms with van der Waals surface area (Å²) in [6.07, 6.45) is 2.53. The molecule has 0 atom stereocenters. The molecule has 142 valence electrons. The number of hydrogen-bond donors (Lipinski definition) is 3. The zero-order valence-electron chi connectivity index (χ0n) is 14.4.